The number of benzene rings is 1. The van der Waals surface area contributed by atoms with Crippen molar-refractivity contribution < 1.29 is 5.11 Å². The number of hydrogen-bond donors (Lipinski definition) is 1. The molecule has 1 aromatic carbocycles. The number of aryl methyl sites for hydroxylation is 3. The molecule has 0 spiro atoms. The lowest BCUT2D eigenvalue weighted by Gasteiger charge is -2.18. The lowest BCUT2D eigenvalue weighted by atomic mass is 9.97. The molecule has 2 heteroatoms. The molecule has 1 N–H and O–H groups in total. The van der Waals surface area contributed by atoms with Crippen LogP contribution in [0.3, 0.4) is 0 Å². The fourth-order valence-electron chi connectivity index (χ4n) is 3.15. The molecule has 1 aromatic heterocycles. The molecule has 0 bridgehead atoms. The molecule has 94 valence electrons. The van der Waals surface area contributed by atoms with Crippen molar-refractivity contribution in [1.29, 1.82) is 0 Å². The molecule has 1 unspecified atom stereocenters. The summed E-state index contributed by atoms with van der Waals surface area (Å²) in [7, 11) is 0. The Hall–Kier alpha value is -1.41. The molecule has 0 radical (unpaired) electrons. The maximum atomic E-state index is 10.4. The van der Waals surface area contributed by atoms with Gasteiger partial charge in [0.2, 0.25) is 0 Å². The van der Waals surface area contributed by atoms with Crippen LogP contribution in [0.25, 0.3) is 10.9 Å². The molecule has 0 fully saturated rings. The van der Waals surface area contributed by atoms with Gasteiger partial charge in [-0.3, -0.25) is 0 Å². The minimum absolute atomic E-state index is 0.758. The molecule has 18 heavy (non-hydrogen) atoms. The molecule has 0 saturated heterocycles. The maximum absolute atomic E-state index is 10.4. The third-order valence-electron chi connectivity index (χ3n) is 4.18. The molecule has 2 aromatic rings. The Morgan fingerprint density at radius 3 is 2.67 bits per heavy atom. The van der Waals surface area contributed by atoms with Crippen molar-refractivity contribution in [3.05, 3.63) is 40.1 Å². The normalized spacial score (nSPS) is 22.5. The Bertz CT molecular complexity index is 656. The van der Waals surface area contributed by atoms with Crippen molar-refractivity contribution in [2.24, 2.45) is 0 Å². The highest BCUT2D eigenvalue weighted by atomic mass is 16.3. The second-order valence-corrected chi connectivity index (χ2v) is 5.82. The molecule has 0 aliphatic heterocycles. The minimum atomic E-state index is -0.758. The number of aliphatic hydroxyl groups is 1. The quantitative estimate of drug-likeness (QED) is 0.767. The average molecular weight is 241 g/mol. The molecule has 2 nitrogen and oxygen atoms in total. The summed E-state index contributed by atoms with van der Waals surface area (Å²) in [6.07, 6.45) is 1.72. The van der Waals surface area contributed by atoms with Crippen LogP contribution in [0.15, 0.2) is 12.1 Å². The van der Waals surface area contributed by atoms with Gasteiger partial charge in [-0.25, -0.2) is 4.98 Å². The van der Waals surface area contributed by atoms with E-state index in [4.69, 9.17) is 4.98 Å². The molecular formula is C16H19NO. The van der Waals surface area contributed by atoms with E-state index in [1.165, 1.54) is 27.6 Å². The van der Waals surface area contributed by atoms with E-state index in [0.29, 0.717) is 0 Å². The van der Waals surface area contributed by atoms with Crippen LogP contribution in [-0.4, -0.2) is 10.1 Å². The van der Waals surface area contributed by atoms with Gasteiger partial charge in [0.1, 0.15) is 5.60 Å². The van der Waals surface area contributed by atoms with Crippen molar-refractivity contribution in [3.8, 4) is 0 Å². The van der Waals surface area contributed by atoms with Crippen molar-refractivity contribution in [2.45, 2.75) is 46.1 Å². The van der Waals surface area contributed by atoms with E-state index in [-0.39, 0.29) is 0 Å². The Morgan fingerprint density at radius 1 is 1.22 bits per heavy atom. The zero-order valence-corrected chi connectivity index (χ0v) is 11.5. The van der Waals surface area contributed by atoms with Crippen molar-refractivity contribution in [2.75, 3.05) is 0 Å². The number of nitrogens with zero attached hydrogens (tertiary/aromatic N) is 1. The fraction of sp³-hybridized carbons (Fsp3) is 0.438. The Kier molecular flexibility index (Phi) is 2.30. The number of fused-ring (bicyclic) bond motifs is 2. The van der Waals surface area contributed by atoms with E-state index in [2.05, 4.69) is 32.9 Å². The number of rotatable bonds is 0. The van der Waals surface area contributed by atoms with Crippen LogP contribution in [-0.2, 0) is 12.0 Å². The summed E-state index contributed by atoms with van der Waals surface area (Å²) in [5, 5.41) is 11.7. The van der Waals surface area contributed by atoms with Crippen molar-refractivity contribution in [1.82, 2.24) is 4.98 Å². The topological polar surface area (TPSA) is 33.1 Å². The zero-order valence-electron chi connectivity index (χ0n) is 11.5. The summed E-state index contributed by atoms with van der Waals surface area (Å²) >= 11 is 0. The van der Waals surface area contributed by atoms with E-state index in [1.54, 1.807) is 0 Å². The molecule has 1 aliphatic rings. The molecule has 3 rings (SSSR count). The van der Waals surface area contributed by atoms with Crippen LogP contribution >= 0.6 is 0 Å². The predicted octanol–water partition coefficient (Wildman–Crippen LogP) is 3.31. The summed E-state index contributed by atoms with van der Waals surface area (Å²) in [5.74, 6) is 0. The lowest BCUT2D eigenvalue weighted by molar-refractivity contribution is 0.0556. The first kappa shape index (κ1) is 11.7. The van der Waals surface area contributed by atoms with Gasteiger partial charge in [0.15, 0.2) is 0 Å². The molecule has 0 saturated carbocycles. The fourth-order valence-corrected chi connectivity index (χ4v) is 3.15. The third-order valence-corrected chi connectivity index (χ3v) is 4.18. The molecule has 0 amide bonds. The van der Waals surface area contributed by atoms with E-state index in [1.807, 2.05) is 6.92 Å². The molecule has 1 atom stereocenters. The van der Waals surface area contributed by atoms with Crippen LogP contribution in [0.5, 0.6) is 0 Å². The van der Waals surface area contributed by atoms with Gasteiger partial charge in [0.25, 0.3) is 0 Å². The highest BCUT2D eigenvalue weighted by molar-refractivity contribution is 5.87. The second kappa shape index (κ2) is 3.55. The van der Waals surface area contributed by atoms with Crippen LogP contribution in [0.4, 0.5) is 0 Å². The predicted molar refractivity (Wildman–Crippen MR) is 73.8 cm³/mol. The van der Waals surface area contributed by atoms with Crippen LogP contribution in [0.2, 0.25) is 0 Å². The first-order chi connectivity index (χ1) is 8.40. The first-order valence-electron chi connectivity index (χ1n) is 6.53. The standard InChI is InChI=1S/C16H19NO/c1-9-7-10(2)14-13(8-9)11(3)12-5-6-16(4,18)15(12)17-14/h7-8,18H,5-6H2,1-4H3. The van der Waals surface area contributed by atoms with Gasteiger partial charge in [-0.05, 0) is 63.3 Å². The SMILES string of the molecule is Cc1cc(C)c2nc3c(c(C)c2c1)CCC3(C)O. The Labute approximate surface area is 108 Å². The van der Waals surface area contributed by atoms with E-state index in [0.717, 1.165) is 24.1 Å². The molecule has 1 heterocycles. The second-order valence-electron chi connectivity index (χ2n) is 5.82. The first-order valence-corrected chi connectivity index (χ1v) is 6.53. The monoisotopic (exact) mass is 241 g/mol. The molecule has 1 aliphatic carbocycles. The lowest BCUT2D eigenvalue weighted by Crippen LogP contribution is -2.18. The van der Waals surface area contributed by atoms with Gasteiger partial charge < -0.3 is 5.11 Å². The highest BCUT2D eigenvalue weighted by Gasteiger charge is 2.35. The van der Waals surface area contributed by atoms with Crippen LogP contribution < -0.4 is 0 Å². The Balaban J connectivity index is 2.44. The molecular weight excluding hydrogens is 222 g/mol. The largest absolute Gasteiger partial charge is 0.384 e. The van der Waals surface area contributed by atoms with E-state index in [9.17, 15) is 5.11 Å². The van der Waals surface area contributed by atoms with E-state index < -0.39 is 5.60 Å². The minimum Gasteiger partial charge on any atom is -0.384 e. The van der Waals surface area contributed by atoms with Crippen molar-refractivity contribution in [3.63, 3.8) is 0 Å². The van der Waals surface area contributed by atoms with Gasteiger partial charge in [0.05, 0.1) is 11.2 Å². The van der Waals surface area contributed by atoms with Gasteiger partial charge >= 0.3 is 0 Å². The van der Waals surface area contributed by atoms with Gasteiger partial charge in [0, 0.05) is 5.39 Å². The van der Waals surface area contributed by atoms with Crippen LogP contribution in [0.1, 0.15) is 41.3 Å². The van der Waals surface area contributed by atoms with Gasteiger partial charge in [-0.1, -0.05) is 11.6 Å². The third kappa shape index (κ3) is 1.49. The zero-order chi connectivity index (χ0) is 13.1. The smallest absolute Gasteiger partial charge is 0.104 e. The van der Waals surface area contributed by atoms with E-state index >= 15 is 0 Å². The van der Waals surface area contributed by atoms with Gasteiger partial charge in [-0.15, -0.1) is 0 Å². The average Bonchev–Trinajstić information content (AvgIpc) is 2.57. The number of pyridine rings is 1. The summed E-state index contributed by atoms with van der Waals surface area (Å²) in [4.78, 5) is 4.76. The number of aromatic nitrogens is 1. The van der Waals surface area contributed by atoms with Gasteiger partial charge in [-0.2, -0.15) is 0 Å². The van der Waals surface area contributed by atoms with Crippen LogP contribution in [0, 0.1) is 20.8 Å². The summed E-state index contributed by atoms with van der Waals surface area (Å²) in [6, 6.07) is 4.36. The summed E-state index contributed by atoms with van der Waals surface area (Å²) in [5.41, 5.74) is 6.18. The highest BCUT2D eigenvalue weighted by Crippen LogP contribution is 2.39. The Morgan fingerprint density at radius 2 is 1.94 bits per heavy atom. The summed E-state index contributed by atoms with van der Waals surface area (Å²) < 4.78 is 0. The number of hydrogen-bond acceptors (Lipinski definition) is 2. The summed E-state index contributed by atoms with van der Waals surface area (Å²) in [6.45, 7) is 8.25. The van der Waals surface area contributed by atoms with Crippen molar-refractivity contribution >= 4 is 10.9 Å². The maximum Gasteiger partial charge on any atom is 0.104 e.